The van der Waals surface area contributed by atoms with Gasteiger partial charge >= 0.3 is 0 Å². The molecule has 28 heavy (non-hydrogen) atoms. The number of rotatable bonds is 5. The Bertz CT molecular complexity index is 1120. The van der Waals surface area contributed by atoms with Gasteiger partial charge in [0.05, 0.1) is 27.9 Å². The van der Waals surface area contributed by atoms with Gasteiger partial charge in [0.25, 0.3) is 5.91 Å². The summed E-state index contributed by atoms with van der Waals surface area (Å²) in [6.45, 7) is 0.0760. The normalized spacial score (nSPS) is 10.2. The van der Waals surface area contributed by atoms with Gasteiger partial charge in [0, 0.05) is 22.8 Å². The van der Waals surface area contributed by atoms with E-state index < -0.39 is 5.91 Å². The van der Waals surface area contributed by atoms with Crippen molar-refractivity contribution in [3.63, 3.8) is 0 Å². The van der Waals surface area contributed by atoms with Crippen LogP contribution in [0, 0.1) is 11.3 Å². The van der Waals surface area contributed by atoms with Crippen LogP contribution in [0.1, 0.15) is 21.5 Å². The van der Waals surface area contributed by atoms with Crippen molar-refractivity contribution in [1.82, 2.24) is 4.98 Å². The summed E-state index contributed by atoms with van der Waals surface area (Å²) in [7, 11) is 0. The number of hydrogen-bond donors (Lipinski definition) is 2. The number of aromatic nitrogens is 1. The van der Waals surface area contributed by atoms with Gasteiger partial charge in [-0.1, -0.05) is 41.4 Å². The van der Waals surface area contributed by atoms with Crippen LogP contribution in [0.25, 0.3) is 0 Å². The SMILES string of the molecule is N#Cc1ccccc1COc1c(Cl)cc(Cl)cc1NC(=O)c1ccc(=O)[nH]c1. The number of hydrogen-bond acceptors (Lipinski definition) is 4. The number of nitriles is 1. The number of anilines is 1. The van der Waals surface area contributed by atoms with Crippen LogP contribution in [0.2, 0.25) is 10.0 Å². The second kappa shape index (κ2) is 8.61. The van der Waals surface area contributed by atoms with Gasteiger partial charge in [-0.25, -0.2) is 0 Å². The van der Waals surface area contributed by atoms with E-state index >= 15 is 0 Å². The zero-order valence-electron chi connectivity index (χ0n) is 14.3. The van der Waals surface area contributed by atoms with Crippen LogP contribution in [0.4, 0.5) is 5.69 Å². The summed E-state index contributed by atoms with van der Waals surface area (Å²) < 4.78 is 5.79. The van der Waals surface area contributed by atoms with E-state index in [2.05, 4.69) is 16.4 Å². The zero-order valence-corrected chi connectivity index (χ0v) is 15.8. The predicted octanol–water partition coefficient (Wildman–Crippen LogP) is 4.38. The molecule has 6 nitrogen and oxygen atoms in total. The van der Waals surface area contributed by atoms with Gasteiger partial charge in [0.1, 0.15) is 6.61 Å². The molecule has 2 aromatic carbocycles. The Morgan fingerprint density at radius 2 is 1.96 bits per heavy atom. The van der Waals surface area contributed by atoms with Gasteiger partial charge < -0.3 is 15.0 Å². The Morgan fingerprint density at radius 1 is 1.18 bits per heavy atom. The maximum Gasteiger partial charge on any atom is 0.257 e. The van der Waals surface area contributed by atoms with E-state index in [9.17, 15) is 14.9 Å². The van der Waals surface area contributed by atoms with Crippen molar-refractivity contribution in [3.8, 4) is 11.8 Å². The van der Waals surface area contributed by atoms with E-state index in [1.807, 2.05) is 0 Å². The quantitative estimate of drug-likeness (QED) is 0.648. The number of carbonyl (C=O) groups is 1. The molecule has 0 spiro atoms. The summed E-state index contributed by atoms with van der Waals surface area (Å²) in [5, 5.41) is 12.4. The predicted molar refractivity (Wildman–Crippen MR) is 107 cm³/mol. The third-order valence-corrected chi connectivity index (χ3v) is 4.31. The van der Waals surface area contributed by atoms with Crippen LogP contribution in [0.5, 0.6) is 5.75 Å². The highest BCUT2D eigenvalue weighted by molar-refractivity contribution is 6.36. The number of amides is 1. The maximum atomic E-state index is 12.5. The average molecular weight is 414 g/mol. The minimum Gasteiger partial charge on any atom is -0.485 e. The first-order chi connectivity index (χ1) is 13.5. The summed E-state index contributed by atoms with van der Waals surface area (Å²) in [4.78, 5) is 26.0. The summed E-state index contributed by atoms with van der Waals surface area (Å²) >= 11 is 12.3. The number of H-pyrrole nitrogens is 1. The lowest BCUT2D eigenvalue weighted by molar-refractivity contribution is 0.102. The standard InChI is InChI=1S/C20H13Cl2N3O3/c21-15-7-16(22)19(28-11-14-4-2-1-3-12(14)9-23)17(8-15)25-20(27)13-5-6-18(26)24-10-13/h1-8,10H,11H2,(H,24,26)(H,25,27). The zero-order chi connectivity index (χ0) is 20.1. The van der Waals surface area contributed by atoms with Crippen LogP contribution in [-0.2, 0) is 6.61 Å². The molecule has 0 radical (unpaired) electrons. The summed E-state index contributed by atoms with van der Waals surface area (Å²) in [5.74, 6) is -0.256. The van der Waals surface area contributed by atoms with Gasteiger partial charge in [-0.15, -0.1) is 0 Å². The number of pyridine rings is 1. The third-order valence-electron chi connectivity index (χ3n) is 3.81. The number of ether oxygens (including phenoxy) is 1. The molecule has 140 valence electrons. The molecule has 0 aliphatic heterocycles. The van der Waals surface area contributed by atoms with Gasteiger partial charge in [-0.05, 0) is 24.3 Å². The Hall–Kier alpha value is -3.27. The molecule has 2 N–H and O–H groups in total. The van der Waals surface area contributed by atoms with Crippen molar-refractivity contribution in [1.29, 1.82) is 5.26 Å². The van der Waals surface area contributed by atoms with Crippen LogP contribution < -0.4 is 15.6 Å². The van der Waals surface area contributed by atoms with Gasteiger partial charge in [-0.2, -0.15) is 5.26 Å². The van der Waals surface area contributed by atoms with E-state index in [4.69, 9.17) is 27.9 Å². The number of nitrogens with zero attached hydrogens (tertiary/aromatic N) is 1. The second-order valence-corrected chi connectivity index (χ2v) is 6.56. The van der Waals surface area contributed by atoms with E-state index in [0.29, 0.717) is 16.1 Å². The highest BCUT2D eigenvalue weighted by Crippen LogP contribution is 2.37. The highest BCUT2D eigenvalue weighted by Gasteiger charge is 2.15. The minimum absolute atomic E-state index is 0.0760. The molecule has 3 aromatic rings. The first kappa shape index (κ1) is 19.5. The summed E-state index contributed by atoms with van der Waals surface area (Å²) in [6, 6.07) is 14.7. The van der Waals surface area contributed by atoms with Crippen molar-refractivity contribution < 1.29 is 9.53 Å². The summed E-state index contributed by atoms with van der Waals surface area (Å²) in [6.07, 6.45) is 1.30. The first-order valence-corrected chi connectivity index (χ1v) is 8.83. The molecule has 0 fully saturated rings. The van der Waals surface area contributed by atoms with Crippen molar-refractivity contribution in [2.75, 3.05) is 5.32 Å². The lowest BCUT2D eigenvalue weighted by atomic mass is 10.1. The van der Waals surface area contributed by atoms with Crippen LogP contribution in [0.3, 0.4) is 0 Å². The first-order valence-electron chi connectivity index (χ1n) is 8.08. The fraction of sp³-hybridized carbons (Fsp3) is 0.0500. The highest BCUT2D eigenvalue weighted by atomic mass is 35.5. The average Bonchev–Trinajstić information content (AvgIpc) is 2.68. The largest absolute Gasteiger partial charge is 0.485 e. The second-order valence-electron chi connectivity index (χ2n) is 5.72. The Balaban J connectivity index is 1.87. The van der Waals surface area contributed by atoms with Crippen molar-refractivity contribution in [3.05, 3.63) is 91.8 Å². The van der Waals surface area contributed by atoms with E-state index in [1.165, 1.54) is 30.5 Å². The number of nitrogens with one attached hydrogen (secondary N) is 2. The number of aromatic amines is 1. The van der Waals surface area contributed by atoms with Crippen LogP contribution in [0.15, 0.2) is 59.5 Å². The van der Waals surface area contributed by atoms with E-state index in [1.54, 1.807) is 24.3 Å². The number of halogens is 2. The maximum absolute atomic E-state index is 12.5. The van der Waals surface area contributed by atoms with Gasteiger partial charge in [0.2, 0.25) is 5.56 Å². The molecule has 1 amide bonds. The van der Waals surface area contributed by atoms with Crippen molar-refractivity contribution >= 4 is 34.8 Å². The molecule has 1 heterocycles. The van der Waals surface area contributed by atoms with Crippen molar-refractivity contribution in [2.24, 2.45) is 0 Å². The van der Waals surface area contributed by atoms with E-state index in [0.717, 1.165) is 0 Å². The molecule has 0 aliphatic rings. The lowest BCUT2D eigenvalue weighted by Gasteiger charge is -2.15. The van der Waals surface area contributed by atoms with Crippen LogP contribution >= 0.6 is 23.2 Å². The van der Waals surface area contributed by atoms with Crippen molar-refractivity contribution in [2.45, 2.75) is 6.61 Å². The fourth-order valence-electron chi connectivity index (χ4n) is 2.45. The lowest BCUT2D eigenvalue weighted by Crippen LogP contribution is -2.15. The molecule has 1 aromatic heterocycles. The Morgan fingerprint density at radius 3 is 2.68 bits per heavy atom. The molecule has 0 atom stereocenters. The van der Waals surface area contributed by atoms with Gasteiger partial charge in [-0.3, -0.25) is 9.59 Å². The summed E-state index contributed by atoms with van der Waals surface area (Å²) in [5.41, 5.74) is 1.35. The molecule has 0 saturated carbocycles. The van der Waals surface area contributed by atoms with Gasteiger partial charge in [0.15, 0.2) is 5.75 Å². The minimum atomic E-state index is -0.475. The number of benzene rings is 2. The van der Waals surface area contributed by atoms with Crippen LogP contribution in [-0.4, -0.2) is 10.9 Å². The molecular weight excluding hydrogens is 401 g/mol. The molecule has 0 unspecified atom stereocenters. The molecule has 0 bridgehead atoms. The van der Waals surface area contributed by atoms with E-state index in [-0.39, 0.29) is 34.2 Å². The monoisotopic (exact) mass is 413 g/mol. The fourth-order valence-corrected chi connectivity index (χ4v) is 3.00. The Kier molecular flexibility index (Phi) is 5.99. The third kappa shape index (κ3) is 4.52. The topological polar surface area (TPSA) is 95.0 Å². The molecule has 0 aliphatic carbocycles. The molecule has 8 heteroatoms. The molecule has 3 rings (SSSR count). The smallest absolute Gasteiger partial charge is 0.257 e. The molecule has 0 saturated heterocycles. The molecular formula is C20H13Cl2N3O3. The number of carbonyl (C=O) groups excluding carboxylic acids is 1. The Labute approximate surface area is 170 Å².